The Hall–Kier alpha value is -2.85. The molecule has 32 heavy (non-hydrogen) atoms. The van der Waals surface area contributed by atoms with Gasteiger partial charge in [-0.3, -0.25) is 9.59 Å². The summed E-state index contributed by atoms with van der Waals surface area (Å²) in [6.07, 6.45) is 1.88. The van der Waals surface area contributed by atoms with E-state index in [1.165, 1.54) is 11.8 Å². The summed E-state index contributed by atoms with van der Waals surface area (Å²) in [5.41, 5.74) is 0.759. The van der Waals surface area contributed by atoms with Crippen molar-refractivity contribution in [3.8, 4) is 11.5 Å². The molecule has 2 amide bonds. The van der Waals surface area contributed by atoms with E-state index in [9.17, 15) is 9.59 Å². The molecule has 1 N–H and O–H groups in total. The van der Waals surface area contributed by atoms with Crippen LogP contribution in [0.4, 0.5) is 5.82 Å². The average Bonchev–Trinajstić information content (AvgIpc) is 3.37. The van der Waals surface area contributed by atoms with Crippen molar-refractivity contribution in [2.24, 2.45) is 0 Å². The summed E-state index contributed by atoms with van der Waals surface area (Å²) < 4.78 is 10.7. The Morgan fingerprint density at radius 3 is 2.69 bits per heavy atom. The number of carbonyl (C=O) groups is 2. The van der Waals surface area contributed by atoms with Gasteiger partial charge in [-0.2, -0.15) is 0 Å². The minimum Gasteiger partial charge on any atom is -0.419 e. The molecule has 168 valence electrons. The maximum absolute atomic E-state index is 12.9. The van der Waals surface area contributed by atoms with E-state index >= 15 is 0 Å². The summed E-state index contributed by atoms with van der Waals surface area (Å²) in [5.74, 6) is 1.57. The lowest BCUT2D eigenvalue weighted by Crippen LogP contribution is -2.35. The summed E-state index contributed by atoms with van der Waals surface area (Å²) in [7, 11) is 0. The molecule has 1 unspecified atom stereocenters. The zero-order valence-electron chi connectivity index (χ0n) is 17.6. The number of aryl methyl sites for hydroxylation is 1. The number of halogens is 1. The molecule has 9 nitrogen and oxygen atoms in total. The van der Waals surface area contributed by atoms with E-state index in [1.807, 2.05) is 0 Å². The highest BCUT2D eigenvalue weighted by molar-refractivity contribution is 8.01. The molecule has 2 heterocycles. The standard InChI is InChI=1S/C21H22ClN5O4S/c1-12-9-17(26-31-12)23-20(29)13(2)32-11-19(28)27(16-7-8-16)10-18-24-25-21(30-18)14-3-5-15(22)6-4-14/h3-6,9,13,16H,7-8,10-11H2,1-2H3,(H,23,26,29). The second kappa shape index (κ2) is 9.74. The van der Waals surface area contributed by atoms with E-state index in [2.05, 4.69) is 20.7 Å². The first-order valence-electron chi connectivity index (χ1n) is 10.1. The third-order valence-electron chi connectivity index (χ3n) is 4.88. The van der Waals surface area contributed by atoms with Gasteiger partial charge in [0, 0.05) is 22.7 Å². The van der Waals surface area contributed by atoms with Crippen LogP contribution in [0.25, 0.3) is 11.5 Å². The van der Waals surface area contributed by atoms with Gasteiger partial charge < -0.3 is 19.2 Å². The van der Waals surface area contributed by atoms with Crippen molar-refractivity contribution in [3.63, 3.8) is 0 Å². The number of hydrogen-bond donors (Lipinski definition) is 1. The molecule has 1 aromatic carbocycles. The number of aromatic nitrogens is 3. The molecule has 0 spiro atoms. The molecule has 1 atom stereocenters. The van der Waals surface area contributed by atoms with Gasteiger partial charge in [-0.15, -0.1) is 22.0 Å². The van der Waals surface area contributed by atoms with Gasteiger partial charge in [0.15, 0.2) is 5.82 Å². The number of thioether (sulfide) groups is 1. The SMILES string of the molecule is Cc1cc(NC(=O)C(C)SCC(=O)N(Cc2nnc(-c3ccc(Cl)cc3)o2)C2CC2)no1. The van der Waals surface area contributed by atoms with Crippen molar-refractivity contribution >= 4 is 41.0 Å². The Morgan fingerprint density at radius 2 is 2.03 bits per heavy atom. The van der Waals surface area contributed by atoms with Gasteiger partial charge in [-0.1, -0.05) is 16.8 Å². The van der Waals surface area contributed by atoms with Crippen LogP contribution in [-0.4, -0.2) is 49.1 Å². The van der Waals surface area contributed by atoms with Crippen molar-refractivity contribution in [3.05, 3.63) is 47.0 Å². The predicted molar refractivity (Wildman–Crippen MR) is 120 cm³/mol. The van der Waals surface area contributed by atoms with Crippen LogP contribution in [-0.2, 0) is 16.1 Å². The van der Waals surface area contributed by atoms with E-state index in [4.69, 9.17) is 20.5 Å². The molecule has 1 aliphatic carbocycles. The normalized spacial score (nSPS) is 14.2. The molecule has 0 radical (unpaired) electrons. The van der Waals surface area contributed by atoms with Crippen molar-refractivity contribution in [1.82, 2.24) is 20.3 Å². The van der Waals surface area contributed by atoms with Crippen LogP contribution in [0, 0.1) is 6.92 Å². The fraction of sp³-hybridized carbons (Fsp3) is 0.381. The lowest BCUT2D eigenvalue weighted by atomic mass is 10.2. The van der Waals surface area contributed by atoms with E-state index in [-0.39, 0.29) is 30.2 Å². The smallest absolute Gasteiger partial charge is 0.247 e. The number of carbonyl (C=O) groups excluding carboxylic acids is 2. The van der Waals surface area contributed by atoms with Crippen LogP contribution in [0.1, 0.15) is 31.4 Å². The van der Waals surface area contributed by atoms with Crippen LogP contribution in [0.5, 0.6) is 0 Å². The zero-order valence-corrected chi connectivity index (χ0v) is 19.2. The van der Waals surface area contributed by atoms with Crippen LogP contribution in [0.3, 0.4) is 0 Å². The molecule has 1 fully saturated rings. The summed E-state index contributed by atoms with van der Waals surface area (Å²) in [5, 5.41) is 14.8. The fourth-order valence-corrected chi connectivity index (χ4v) is 3.88. The molecule has 11 heteroatoms. The van der Waals surface area contributed by atoms with Gasteiger partial charge >= 0.3 is 0 Å². The highest BCUT2D eigenvalue weighted by atomic mass is 35.5. The number of benzene rings is 1. The Labute approximate surface area is 193 Å². The molecule has 0 bridgehead atoms. The maximum Gasteiger partial charge on any atom is 0.247 e. The minimum atomic E-state index is -0.433. The third-order valence-corrected chi connectivity index (χ3v) is 6.26. The Morgan fingerprint density at radius 1 is 1.28 bits per heavy atom. The highest BCUT2D eigenvalue weighted by Crippen LogP contribution is 2.30. The number of nitrogens with zero attached hydrogens (tertiary/aromatic N) is 4. The average molecular weight is 476 g/mol. The fourth-order valence-electron chi connectivity index (χ4n) is 2.99. The quantitative estimate of drug-likeness (QED) is 0.495. The van der Waals surface area contributed by atoms with Crippen molar-refractivity contribution in [1.29, 1.82) is 0 Å². The van der Waals surface area contributed by atoms with Crippen LogP contribution >= 0.6 is 23.4 Å². The van der Waals surface area contributed by atoms with Gasteiger partial charge in [0.1, 0.15) is 5.76 Å². The molecule has 4 rings (SSSR count). The number of amides is 2. The first-order chi connectivity index (χ1) is 15.4. The zero-order chi connectivity index (χ0) is 22.7. The molecule has 1 aliphatic rings. The second-order valence-corrected chi connectivity index (χ2v) is 9.29. The van der Waals surface area contributed by atoms with Gasteiger partial charge in [-0.05, 0) is 51.0 Å². The lowest BCUT2D eigenvalue weighted by Gasteiger charge is -2.21. The lowest BCUT2D eigenvalue weighted by molar-refractivity contribution is -0.129. The van der Waals surface area contributed by atoms with Gasteiger partial charge in [-0.25, -0.2) is 0 Å². The molecule has 1 saturated carbocycles. The number of anilines is 1. The number of nitrogens with one attached hydrogen (secondary N) is 1. The summed E-state index contributed by atoms with van der Waals surface area (Å²) >= 11 is 7.18. The summed E-state index contributed by atoms with van der Waals surface area (Å²) in [6, 6.07) is 8.90. The topological polar surface area (TPSA) is 114 Å². The Balaban J connectivity index is 1.32. The van der Waals surface area contributed by atoms with Crippen LogP contribution < -0.4 is 5.32 Å². The van der Waals surface area contributed by atoms with E-state index < -0.39 is 5.25 Å². The highest BCUT2D eigenvalue weighted by Gasteiger charge is 2.34. The molecular formula is C21H22ClN5O4S. The van der Waals surface area contributed by atoms with Crippen molar-refractivity contribution in [2.75, 3.05) is 11.1 Å². The van der Waals surface area contributed by atoms with Crippen molar-refractivity contribution < 1.29 is 18.5 Å². The predicted octanol–water partition coefficient (Wildman–Crippen LogP) is 3.94. The molecule has 2 aromatic heterocycles. The molecule has 0 aliphatic heterocycles. The van der Waals surface area contributed by atoms with Crippen LogP contribution in [0.2, 0.25) is 5.02 Å². The second-order valence-electron chi connectivity index (χ2n) is 7.53. The van der Waals surface area contributed by atoms with Crippen LogP contribution in [0.15, 0.2) is 39.3 Å². The van der Waals surface area contributed by atoms with Gasteiger partial charge in [0.05, 0.1) is 17.5 Å². The number of hydrogen-bond acceptors (Lipinski definition) is 8. The van der Waals surface area contributed by atoms with Gasteiger partial charge in [0.2, 0.25) is 23.6 Å². The molecule has 3 aromatic rings. The number of rotatable bonds is 9. The maximum atomic E-state index is 12.9. The first-order valence-corrected chi connectivity index (χ1v) is 11.6. The summed E-state index contributed by atoms with van der Waals surface area (Å²) in [6.45, 7) is 3.73. The largest absolute Gasteiger partial charge is 0.419 e. The van der Waals surface area contributed by atoms with Crippen molar-refractivity contribution in [2.45, 2.75) is 44.5 Å². The Kier molecular flexibility index (Phi) is 6.80. The van der Waals surface area contributed by atoms with E-state index in [0.717, 1.165) is 18.4 Å². The van der Waals surface area contributed by atoms with Gasteiger partial charge in [0.25, 0.3) is 0 Å². The Bertz CT molecular complexity index is 1100. The molecule has 0 saturated heterocycles. The summed E-state index contributed by atoms with van der Waals surface area (Å²) in [4.78, 5) is 26.9. The third kappa shape index (κ3) is 5.68. The van der Waals surface area contributed by atoms with E-state index in [0.29, 0.717) is 28.4 Å². The minimum absolute atomic E-state index is 0.0688. The van der Waals surface area contributed by atoms with E-state index in [1.54, 1.807) is 49.1 Å². The first kappa shape index (κ1) is 22.3. The molecular weight excluding hydrogens is 454 g/mol. The monoisotopic (exact) mass is 475 g/mol.